The van der Waals surface area contributed by atoms with E-state index in [0.717, 1.165) is 16.7 Å². The van der Waals surface area contributed by atoms with Crippen LogP contribution >= 0.6 is 0 Å². The molecule has 5 heteroatoms. The normalized spacial score (nSPS) is 11.0. The molecule has 0 saturated carbocycles. The highest BCUT2D eigenvalue weighted by molar-refractivity contribution is 5.83. The van der Waals surface area contributed by atoms with Crippen molar-refractivity contribution in [2.45, 2.75) is 45.8 Å². The van der Waals surface area contributed by atoms with Crippen LogP contribution < -0.4 is 10.1 Å². The number of amides is 1. The second-order valence-corrected chi connectivity index (χ2v) is 7.37. The lowest BCUT2D eigenvalue weighted by molar-refractivity contribution is -0.117. The molecule has 0 fully saturated rings. The molecule has 0 aliphatic heterocycles. The molecule has 0 unspecified atom stereocenters. The molecule has 0 atom stereocenters. The van der Waals surface area contributed by atoms with Gasteiger partial charge in [0.2, 0.25) is 0 Å². The summed E-state index contributed by atoms with van der Waals surface area (Å²) in [6, 6.07) is 15.2. The van der Waals surface area contributed by atoms with E-state index in [1.54, 1.807) is 7.11 Å². The Morgan fingerprint density at radius 1 is 0.963 bits per heavy atom. The van der Waals surface area contributed by atoms with Crippen LogP contribution in [0.4, 0.5) is 4.79 Å². The second kappa shape index (κ2) is 9.21. The lowest BCUT2D eigenvalue weighted by atomic mass is 9.98. The Kier molecular flexibility index (Phi) is 6.99. The monoisotopic (exact) mass is 369 g/mol. The van der Waals surface area contributed by atoms with Gasteiger partial charge in [0.1, 0.15) is 17.1 Å². The third-order valence-corrected chi connectivity index (χ3v) is 3.87. The third-order valence-electron chi connectivity index (χ3n) is 3.87. The minimum absolute atomic E-state index is 0.105. The number of methoxy groups -OCH3 is 1. The first-order valence-electron chi connectivity index (χ1n) is 8.95. The number of hydrogen-bond acceptors (Lipinski definition) is 4. The van der Waals surface area contributed by atoms with Crippen molar-refractivity contribution < 1.29 is 19.1 Å². The van der Waals surface area contributed by atoms with Crippen LogP contribution in [0.2, 0.25) is 0 Å². The van der Waals surface area contributed by atoms with Gasteiger partial charge in [0.05, 0.1) is 7.11 Å². The first-order valence-corrected chi connectivity index (χ1v) is 8.95. The average molecular weight is 369 g/mol. The van der Waals surface area contributed by atoms with Crippen molar-refractivity contribution in [1.29, 1.82) is 0 Å². The topological polar surface area (TPSA) is 64.6 Å². The van der Waals surface area contributed by atoms with Gasteiger partial charge in [-0.05, 0) is 49.6 Å². The molecule has 0 aromatic heterocycles. The zero-order chi connectivity index (χ0) is 19.9. The third kappa shape index (κ3) is 7.13. The molecular weight excluding hydrogens is 342 g/mol. The van der Waals surface area contributed by atoms with Gasteiger partial charge in [-0.1, -0.05) is 36.4 Å². The maximum atomic E-state index is 12.5. The Morgan fingerprint density at radius 3 is 2.30 bits per heavy atom. The summed E-state index contributed by atoms with van der Waals surface area (Å²) >= 11 is 0. The highest BCUT2D eigenvalue weighted by atomic mass is 16.6. The number of ether oxygens (including phenoxy) is 2. The number of benzene rings is 2. The Morgan fingerprint density at radius 2 is 1.67 bits per heavy atom. The second-order valence-electron chi connectivity index (χ2n) is 7.37. The lowest BCUT2D eigenvalue weighted by Crippen LogP contribution is -2.32. The van der Waals surface area contributed by atoms with Crippen molar-refractivity contribution in [2.24, 2.45) is 0 Å². The van der Waals surface area contributed by atoms with Crippen LogP contribution in [0.3, 0.4) is 0 Å². The first kappa shape index (κ1) is 20.5. The van der Waals surface area contributed by atoms with Crippen LogP contribution in [-0.4, -0.2) is 24.6 Å². The molecule has 2 aromatic rings. The molecule has 0 spiro atoms. The molecular formula is C22H27NO4. The Bertz CT molecular complexity index is 779. The van der Waals surface area contributed by atoms with Gasteiger partial charge in [0.25, 0.3) is 0 Å². The number of hydrogen-bond donors (Lipinski definition) is 1. The number of carbonyl (C=O) groups excluding carboxylic acids is 2. The van der Waals surface area contributed by atoms with Crippen molar-refractivity contribution in [3.63, 3.8) is 0 Å². The fourth-order valence-electron chi connectivity index (χ4n) is 2.65. The molecule has 0 radical (unpaired) electrons. The van der Waals surface area contributed by atoms with Crippen LogP contribution in [0.15, 0.2) is 48.5 Å². The van der Waals surface area contributed by atoms with E-state index in [0.29, 0.717) is 12.2 Å². The van der Waals surface area contributed by atoms with Crippen molar-refractivity contribution in [1.82, 2.24) is 5.32 Å². The number of Topliss-reactive ketones (excluding diaryl/α,β-unsaturated/α-hetero) is 1. The van der Waals surface area contributed by atoms with Gasteiger partial charge in [-0.25, -0.2) is 4.79 Å². The maximum Gasteiger partial charge on any atom is 0.407 e. The lowest BCUT2D eigenvalue weighted by Gasteiger charge is -2.20. The highest BCUT2D eigenvalue weighted by Crippen LogP contribution is 2.19. The SMILES string of the molecule is COc1ccc(CNC(=O)OC(C)(C)C)c(CC(=O)Cc2ccccc2)c1. The minimum atomic E-state index is -0.557. The minimum Gasteiger partial charge on any atom is -0.497 e. The van der Waals surface area contributed by atoms with Gasteiger partial charge in [-0.3, -0.25) is 4.79 Å². The summed E-state index contributed by atoms with van der Waals surface area (Å²) < 4.78 is 10.5. The van der Waals surface area contributed by atoms with Crippen LogP contribution in [0.1, 0.15) is 37.5 Å². The molecule has 0 bridgehead atoms. The van der Waals surface area contributed by atoms with E-state index in [1.807, 2.05) is 69.3 Å². The van der Waals surface area contributed by atoms with E-state index in [9.17, 15) is 9.59 Å². The van der Waals surface area contributed by atoms with Crippen molar-refractivity contribution in [2.75, 3.05) is 7.11 Å². The van der Waals surface area contributed by atoms with Gasteiger partial charge in [-0.15, -0.1) is 0 Å². The molecule has 0 heterocycles. The molecule has 1 N–H and O–H groups in total. The van der Waals surface area contributed by atoms with Crippen LogP contribution in [0, 0.1) is 0 Å². The standard InChI is InChI=1S/C22H27NO4/c1-22(2,3)27-21(25)23-15-17-10-11-20(26-4)14-18(17)13-19(24)12-16-8-6-5-7-9-16/h5-11,14H,12-13,15H2,1-4H3,(H,23,25). The molecule has 0 aliphatic carbocycles. The van der Waals surface area contributed by atoms with Crippen LogP contribution in [0.25, 0.3) is 0 Å². The van der Waals surface area contributed by atoms with Crippen molar-refractivity contribution in [3.05, 3.63) is 65.2 Å². The summed E-state index contributed by atoms with van der Waals surface area (Å²) in [4.78, 5) is 24.4. The first-order chi connectivity index (χ1) is 12.8. The number of alkyl carbamates (subject to hydrolysis) is 1. The molecule has 144 valence electrons. The molecule has 2 rings (SSSR count). The predicted octanol–water partition coefficient (Wildman–Crippen LogP) is 4.07. The zero-order valence-corrected chi connectivity index (χ0v) is 16.4. The molecule has 0 aliphatic rings. The maximum absolute atomic E-state index is 12.5. The number of rotatable bonds is 7. The molecule has 5 nitrogen and oxygen atoms in total. The largest absolute Gasteiger partial charge is 0.497 e. The fraction of sp³-hybridized carbons (Fsp3) is 0.364. The quantitative estimate of drug-likeness (QED) is 0.799. The molecule has 2 aromatic carbocycles. The van der Waals surface area contributed by atoms with Crippen molar-refractivity contribution >= 4 is 11.9 Å². The zero-order valence-electron chi connectivity index (χ0n) is 16.4. The number of carbonyl (C=O) groups is 2. The highest BCUT2D eigenvalue weighted by Gasteiger charge is 2.17. The number of nitrogens with one attached hydrogen (secondary N) is 1. The van der Waals surface area contributed by atoms with E-state index < -0.39 is 11.7 Å². The predicted molar refractivity (Wildman–Crippen MR) is 105 cm³/mol. The van der Waals surface area contributed by atoms with E-state index >= 15 is 0 Å². The number of ketones is 1. The van der Waals surface area contributed by atoms with E-state index in [2.05, 4.69) is 5.32 Å². The molecule has 0 saturated heterocycles. The fourth-order valence-corrected chi connectivity index (χ4v) is 2.65. The summed E-state index contributed by atoms with van der Waals surface area (Å²) in [7, 11) is 1.59. The van der Waals surface area contributed by atoms with E-state index in [4.69, 9.17) is 9.47 Å². The summed E-state index contributed by atoms with van der Waals surface area (Å²) in [5.74, 6) is 0.784. The summed E-state index contributed by atoms with van der Waals surface area (Å²) in [5, 5.41) is 2.74. The van der Waals surface area contributed by atoms with E-state index in [-0.39, 0.29) is 18.7 Å². The van der Waals surface area contributed by atoms with Gasteiger partial charge >= 0.3 is 6.09 Å². The summed E-state index contributed by atoms with van der Waals surface area (Å²) in [5.41, 5.74) is 2.13. The Hall–Kier alpha value is -2.82. The van der Waals surface area contributed by atoms with Gasteiger partial charge in [0.15, 0.2) is 0 Å². The van der Waals surface area contributed by atoms with Crippen LogP contribution in [-0.2, 0) is 28.9 Å². The average Bonchev–Trinajstić information content (AvgIpc) is 2.59. The Balaban J connectivity index is 2.07. The van der Waals surface area contributed by atoms with Gasteiger partial charge < -0.3 is 14.8 Å². The van der Waals surface area contributed by atoms with Crippen LogP contribution in [0.5, 0.6) is 5.75 Å². The molecule has 27 heavy (non-hydrogen) atoms. The van der Waals surface area contributed by atoms with E-state index in [1.165, 1.54) is 0 Å². The molecule has 1 amide bonds. The van der Waals surface area contributed by atoms with Gasteiger partial charge in [-0.2, -0.15) is 0 Å². The van der Waals surface area contributed by atoms with Gasteiger partial charge in [0, 0.05) is 19.4 Å². The smallest absolute Gasteiger partial charge is 0.407 e. The van der Waals surface area contributed by atoms with Crippen molar-refractivity contribution in [3.8, 4) is 5.75 Å². The summed E-state index contributed by atoms with van der Waals surface area (Å²) in [6.07, 6.45) is 0.161. The Labute approximate surface area is 160 Å². The summed E-state index contributed by atoms with van der Waals surface area (Å²) in [6.45, 7) is 5.72.